The number of pyridine rings is 1. The zero-order valence-electron chi connectivity index (χ0n) is 19.7. The summed E-state index contributed by atoms with van der Waals surface area (Å²) in [6, 6.07) is 9.53. The van der Waals surface area contributed by atoms with Crippen molar-refractivity contribution in [2.45, 2.75) is 49.8 Å². The van der Waals surface area contributed by atoms with Crippen LogP contribution in [0.2, 0.25) is 0 Å². The van der Waals surface area contributed by atoms with Gasteiger partial charge in [-0.3, -0.25) is 9.59 Å². The van der Waals surface area contributed by atoms with Gasteiger partial charge < -0.3 is 29.7 Å². The molecule has 0 atom stereocenters. The van der Waals surface area contributed by atoms with Crippen LogP contribution in [0.5, 0.6) is 11.5 Å². The van der Waals surface area contributed by atoms with Gasteiger partial charge in [0.1, 0.15) is 5.75 Å². The van der Waals surface area contributed by atoms with Crippen molar-refractivity contribution >= 4 is 51.7 Å². The molecule has 0 unspecified atom stereocenters. The van der Waals surface area contributed by atoms with Crippen molar-refractivity contribution in [2.24, 2.45) is 0 Å². The first-order chi connectivity index (χ1) is 16.9. The number of rotatable bonds is 6. The fourth-order valence-electron chi connectivity index (χ4n) is 5.43. The number of benzene rings is 1. The largest absolute Gasteiger partial charge is 0.482 e. The summed E-state index contributed by atoms with van der Waals surface area (Å²) >= 11 is 3.50. The van der Waals surface area contributed by atoms with Crippen LogP contribution in [0.3, 0.4) is 0 Å². The molecule has 11 heteroatoms. The van der Waals surface area contributed by atoms with Gasteiger partial charge in [-0.1, -0.05) is 15.9 Å². The van der Waals surface area contributed by atoms with E-state index in [9.17, 15) is 9.59 Å². The minimum absolute atomic E-state index is 0. The van der Waals surface area contributed by atoms with E-state index in [1.54, 1.807) is 0 Å². The van der Waals surface area contributed by atoms with Crippen molar-refractivity contribution in [3.63, 3.8) is 0 Å². The van der Waals surface area contributed by atoms with Crippen molar-refractivity contribution in [1.82, 2.24) is 10.3 Å². The van der Waals surface area contributed by atoms with Gasteiger partial charge in [-0.15, -0.1) is 12.4 Å². The minimum atomic E-state index is -0.195. The summed E-state index contributed by atoms with van der Waals surface area (Å²) in [6.45, 7) is 1.93. The van der Waals surface area contributed by atoms with Gasteiger partial charge in [-0.05, 0) is 62.4 Å². The van der Waals surface area contributed by atoms with Crippen molar-refractivity contribution < 1.29 is 23.8 Å². The summed E-state index contributed by atoms with van der Waals surface area (Å²) in [5.74, 6) is 1.61. The number of hydrogen-bond donors (Lipinski definition) is 2. The Kier molecular flexibility index (Phi) is 6.88. The molecule has 5 heterocycles. The topological polar surface area (TPSA) is 102 Å². The molecule has 0 spiro atoms. The van der Waals surface area contributed by atoms with E-state index in [0.29, 0.717) is 31.3 Å². The van der Waals surface area contributed by atoms with Crippen LogP contribution in [0.15, 0.2) is 34.8 Å². The molecule has 2 bridgehead atoms. The van der Waals surface area contributed by atoms with Crippen LogP contribution in [0, 0.1) is 0 Å². The third kappa shape index (κ3) is 4.79. The minimum Gasteiger partial charge on any atom is -0.482 e. The molecule has 3 fully saturated rings. The lowest BCUT2D eigenvalue weighted by Gasteiger charge is -2.54. The Hall–Kier alpha value is -2.40. The SMILES string of the molecule is Cl.O=C1COc2ccc(CNC34CCC(CCN5C(=O)COc6ccc(Br)cc65)(CC3)OC4)nc2N1. The maximum atomic E-state index is 12.6. The van der Waals surface area contributed by atoms with Crippen molar-refractivity contribution in [2.75, 3.05) is 36.6 Å². The number of anilines is 2. The first kappa shape index (κ1) is 25.3. The van der Waals surface area contributed by atoms with Crippen LogP contribution in [0.1, 0.15) is 37.8 Å². The second kappa shape index (κ2) is 9.81. The van der Waals surface area contributed by atoms with Crippen LogP contribution in [0.4, 0.5) is 11.5 Å². The van der Waals surface area contributed by atoms with E-state index in [4.69, 9.17) is 14.2 Å². The number of amides is 2. The number of aromatic nitrogens is 1. The van der Waals surface area contributed by atoms with Crippen LogP contribution in [-0.2, 0) is 20.9 Å². The highest BCUT2D eigenvalue weighted by molar-refractivity contribution is 9.10. The summed E-state index contributed by atoms with van der Waals surface area (Å²) < 4.78 is 18.4. The number of carbonyl (C=O) groups excluding carboxylic acids is 2. The molecule has 36 heavy (non-hydrogen) atoms. The lowest BCUT2D eigenvalue weighted by atomic mass is 9.70. The molecule has 7 rings (SSSR count). The fraction of sp³-hybridized carbons (Fsp3) is 0.480. The summed E-state index contributed by atoms with van der Waals surface area (Å²) in [5, 5.41) is 6.44. The molecule has 4 aliphatic heterocycles. The quantitative estimate of drug-likeness (QED) is 0.539. The van der Waals surface area contributed by atoms with Gasteiger partial charge in [-0.25, -0.2) is 4.98 Å². The summed E-state index contributed by atoms with van der Waals surface area (Å²) in [7, 11) is 0. The van der Waals surface area contributed by atoms with Gasteiger partial charge in [0.2, 0.25) is 0 Å². The number of fused-ring (bicyclic) bond motifs is 5. The Morgan fingerprint density at radius 1 is 1.06 bits per heavy atom. The van der Waals surface area contributed by atoms with E-state index in [1.807, 2.05) is 35.2 Å². The Bertz CT molecular complexity index is 1170. The van der Waals surface area contributed by atoms with Crippen molar-refractivity contribution in [3.05, 3.63) is 40.5 Å². The van der Waals surface area contributed by atoms with E-state index in [2.05, 4.69) is 31.5 Å². The average Bonchev–Trinajstić information content (AvgIpc) is 2.88. The van der Waals surface area contributed by atoms with E-state index in [-0.39, 0.29) is 48.6 Å². The highest BCUT2D eigenvalue weighted by atomic mass is 79.9. The number of ether oxygens (including phenoxy) is 3. The second-order valence-corrected chi connectivity index (χ2v) is 10.7. The van der Waals surface area contributed by atoms with E-state index in [1.165, 1.54) is 0 Å². The number of nitrogens with one attached hydrogen (secondary N) is 2. The van der Waals surface area contributed by atoms with E-state index >= 15 is 0 Å². The molecular weight excluding hydrogens is 552 g/mol. The summed E-state index contributed by atoms with van der Waals surface area (Å²) in [4.78, 5) is 30.6. The third-order valence-electron chi connectivity index (χ3n) is 7.60. The molecule has 2 N–H and O–H groups in total. The Morgan fingerprint density at radius 3 is 2.61 bits per heavy atom. The molecule has 1 aliphatic carbocycles. The predicted molar refractivity (Wildman–Crippen MR) is 139 cm³/mol. The molecule has 5 aliphatic rings. The van der Waals surface area contributed by atoms with Crippen LogP contribution in [-0.4, -0.2) is 54.3 Å². The van der Waals surface area contributed by atoms with Gasteiger partial charge in [0, 0.05) is 23.1 Å². The first-order valence-electron chi connectivity index (χ1n) is 12.0. The Labute approximate surface area is 223 Å². The fourth-order valence-corrected chi connectivity index (χ4v) is 5.78. The number of carbonyl (C=O) groups is 2. The highest BCUT2D eigenvalue weighted by Gasteiger charge is 2.49. The monoisotopic (exact) mass is 578 g/mol. The standard InChI is InChI=1S/C25H27BrN4O5.ClH/c26-16-1-3-19-18(11-16)30(22(32)14-34-19)10-9-25-7-5-24(6-8-25,15-35-25)27-12-17-2-4-20-23(28-17)29-21(31)13-33-20;/h1-4,11,27H,5-10,12-15H2,(H,28,29,31);1H. The molecule has 1 aromatic carbocycles. The van der Waals surface area contributed by atoms with E-state index < -0.39 is 0 Å². The molecule has 0 radical (unpaired) electrons. The second-order valence-electron chi connectivity index (χ2n) is 9.79. The number of halogens is 2. The first-order valence-corrected chi connectivity index (χ1v) is 12.8. The van der Waals surface area contributed by atoms with Crippen molar-refractivity contribution in [1.29, 1.82) is 0 Å². The molecule has 2 aromatic rings. The third-order valence-corrected chi connectivity index (χ3v) is 8.10. The zero-order valence-corrected chi connectivity index (χ0v) is 22.1. The lowest BCUT2D eigenvalue weighted by molar-refractivity contribution is -0.164. The predicted octanol–water partition coefficient (Wildman–Crippen LogP) is 3.58. The summed E-state index contributed by atoms with van der Waals surface area (Å²) in [6.07, 6.45) is 4.72. The van der Waals surface area contributed by atoms with Gasteiger partial charge in [-0.2, -0.15) is 0 Å². The van der Waals surface area contributed by atoms with Gasteiger partial charge in [0.05, 0.1) is 23.6 Å². The maximum absolute atomic E-state index is 12.6. The zero-order chi connectivity index (χ0) is 24.0. The molecule has 2 saturated heterocycles. The van der Waals surface area contributed by atoms with Crippen LogP contribution in [0.25, 0.3) is 0 Å². The number of hydrogen-bond acceptors (Lipinski definition) is 7. The molecule has 1 aromatic heterocycles. The van der Waals surface area contributed by atoms with Gasteiger partial charge in [0.25, 0.3) is 11.8 Å². The van der Waals surface area contributed by atoms with E-state index in [0.717, 1.165) is 53.7 Å². The highest BCUT2D eigenvalue weighted by Crippen LogP contribution is 2.46. The molecule has 1 saturated carbocycles. The molecule has 192 valence electrons. The Balaban J connectivity index is 0.00000267. The smallest absolute Gasteiger partial charge is 0.265 e. The molecule has 9 nitrogen and oxygen atoms in total. The Morgan fingerprint density at radius 2 is 1.83 bits per heavy atom. The maximum Gasteiger partial charge on any atom is 0.265 e. The average molecular weight is 580 g/mol. The lowest BCUT2D eigenvalue weighted by Crippen LogP contribution is -2.62. The molecular formula is C25H28BrClN4O5. The molecule has 2 amide bonds. The van der Waals surface area contributed by atoms with Crippen LogP contribution < -0.4 is 25.0 Å². The summed E-state index contributed by atoms with van der Waals surface area (Å²) in [5.41, 5.74) is 1.39. The van der Waals surface area contributed by atoms with Gasteiger partial charge >= 0.3 is 0 Å². The van der Waals surface area contributed by atoms with Crippen LogP contribution >= 0.6 is 28.3 Å². The van der Waals surface area contributed by atoms with Crippen molar-refractivity contribution in [3.8, 4) is 11.5 Å². The van der Waals surface area contributed by atoms with Gasteiger partial charge in [0.15, 0.2) is 24.8 Å². The normalized spacial score (nSPS) is 26.2. The number of nitrogens with zero attached hydrogens (tertiary/aromatic N) is 2.